The van der Waals surface area contributed by atoms with Gasteiger partial charge in [0.2, 0.25) is 20.0 Å². The summed E-state index contributed by atoms with van der Waals surface area (Å²) in [5, 5.41) is 0. The van der Waals surface area contributed by atoms with Crippen molar-refractivity contribution in [3.63, 3.8) is 0 Å². The predicted molar refractivity (Wildman–Crippen MR) is 101 cm³/mol. The first-order chi connectivity index (χ1) is 12.1. The molecule has 0 saturated carbocycles. The molecule has 2 aliphatic rings. The summed E-state index contributed by atoms with van der Waals surface area (Å²) in [7, 11) is -5.44. The van der Waals surface area contributed by atoms with Crippen molar-refractivity contribution in [3.05, 3.63) is 59.7 Å². The van der Waals surface area contributed by atoms with Gasteiger partial charge in [-0.3, -0.25) is 4.90 Å². The largest absolute Gasteiger partial charge is 0.256 e. The van der Waals surface area contributed by atoms with Crippen LogP contribution in [0.15, 0.2) is 48.5 Å². The Kier molecular flexibility index (Phi) is 3.63. The van der Waals surface area contributed by atoms with Crippen LogP contribution in [0.1, 0.15) is 23.5 Å². The predicted octanol–water partition coefficient (Wildman–Crippen LogP) is 1.88. The Morgan fingerprint density at radius 3 is 1.38 bits per heavy atom. The first-order valence-electron chi connectivity index (χ1n) is 8.01. The lowest BCUT2D eigenvalue weighted by molar-refractivity contribution is 0.163. The van der Waals surface area contributed by atoms with Gasteiger partial charge in [0.05, 0.1) is 23.9 Å². The number of rotatable bonds is 2. The third-order valence-corrected chi connectivity index (χ3v) is 7.06. The molecule has 138 valence electrons. The van der Waals surface area contributed by atoms with Crippen molar-refractivity contribution in [2.75, 3.05) is 28.2 Å². The minimum Gasteiger partial charge on any atom is -0.256 e. The maximum atomic E-state index is 12.7. The standard InChI is InChI=1S/C17H19N3O4S2/c1-18-16-13-9-5-7-11-15(13)20(26(3,23)24)17(18)12-8-4-6-10-14(12)19(16)25(2,21)22/h4-11,16-17H,1-3H3/t16-,17+. The highest BCUT2D eigenvalue weighted by Crippen LogP contribution is 2.53. The quantitative estimate of drug-likeness (QED) is 0.778. The molecule has 9 heteroatoms. The fourth-order valence-electron chi connectivity index (χ4n) is 3.95. The molecule has 0 aliphatic carbocycles. The fraction of sp³-hybridized carbons (Fsp3) is 0.294. The second-order valence-electron chi connectivity index (χ2n) is 6.65. The van der Waals surface area contributed by atoms with Gasteiger partial charge in [-0.05, 0) is 19.2 Å². The summed E-state index contributed by atoms with van der Waals surface area (Å²) < 4.78 is 53.3. The van der Waals surface area contributed by atoms with E-state index in [1.165, 1.54) is 21.1 Å². The maximum absolute atomic E-state index is 12.7. The molecule has 26 heavy (non-hydrogen) atoms. The second kappa shape index (κ2) is 5.45. The van der Waals surface area contributed by atoms with Gasteiger partial charge in [0.15, 0.2) is 0 Å². The van der Waals surface area contributed by atoms with Crippen molar-refractivity contribution in [1.82, 2.24) is 4.90 Å². The summed E-state index contributed by atoms with van der Waals surface area (Å²) in [5.74, 6) is 0. The molecule has 0 amide bonds. The first kappa shape index (κ1) is 17.3. The van der Waals surface area contributed by atoms with E-state index in [0.29, 0.717) is 22.5 Å². The van der Waals surface area contributed by atoms with Gasteiger partial charge in [0.25, 0.3) is 0 Å². The zero-order chi connectivity index (χ0) is 18.9. The van der Waals surface area contributed by atoms with E-state index in [4.69, 9.17) is 0 Å². The Morgan fingerprint density at radius 2 is 1.04 bits per heavy atom. The van der Waals surface area contributed by atoms with Crippen LogP contribution in [0.4, 0.5) is 11.4 Å². The Hall–Kier alpha value is -2.10. The highest BCUT2D eigenvalue weighted by atomic mass is 32.2. The molecule has 2 aromatic carbocycles. The van der Waals surface area contributed by atoms with Crippen LogP contribution in [0.3, 0.4) is 0 Å². The molecular formula is C17H19N3O4S2. The summed E-state index contributed by atoms with van der Waals surface area (Å²) >= 11 is 0. The topological polar surface area (TPSA) is 78.0 Å². The average molecular weight is 393 g/mol. The molecule has 2 bridgehead atoms. The lowest BCUT2D eigenvalue weighted by Crippen LogP contribution is -2.57. The van der Waals surface area contributed by atoms with Gasteiger partial charge < -0.3 is 0 Å². The number of benzene rings is 2. The summed E-state index contributed by atoms with van der Waals surface area (Å²) in [5.41, 5.74) is 2.28. The SMILES string of the molecule is CN1[C@H]2c3ccccc3N(S(C)(=O)=O)[C@H]1c1ccccc1N2S(C)(=O)=O. The molecule has 4 rings (SSSR count). The Labute approximate surface area is 153 Å². The minimum atomic E-state index is -3.59. The molecule has 2 aliphatic heterocycles. The van der Waals surface area contributed by atoms with Gasteiger partial charge in [-0.25, -0.2) is 25.4 Å². The van der Waals surface area contributed by atoms with Crippen LogP contribution in [0.25, 0.3) is 0 Å². The molecule has 0 N–H and O–H groups in total. The lowest BCUT2D eigenvalue weighted by Gasteiger charge is -2.54. The number of fused-ring (bicyclic) bond motifs is 6. The molecule has 0 saturated heterocycles. The van der Waals surface area contributed by atoms with E-state index in [2.05, 4.69) is 0 Å². The van der Waals surface area contributed by atoms with Gasteiger partial charge in [-0.15, -0.1) is 0 Å². The van der Waals surface area contributed by atoms with Crippen LogP contribution in [0, 0.1) is 0 Å². The zero-order valence-corrected chi connectivity index (χ0v) is 16.2. The normalized spacial score (nSPS) is 22.7. The Balaban J connectivity index is 2.12. The second-order valence-corrected chi connectivity index (χ2v) is 10.4. The van der Waals surface area contributed by atoms with E-state index in [9.17, 15) is 16.8 Å². The van der Waals surface area contributed by atoms with E-state index in [1.54, 1.807) is 60.5 Å². The summed E-state index contributed by atoms with van der Waals surface area (Å²) in [6.45, 7) is 0. The molecular weight excluding hydrogens is 374 g/mol. The van der Waals surface area contributed by atoms with Crippen LogP contribution >= 0.6 is 0 Å². The molecule has 0 spiro atoms. The third-order valence-electron chi connectivity index (χ3n) is 4.84. The van der Waals surface area contributed by atoms with Gasteiger partial charge in [0, 0.05) is 11.1 Å². The van der Waals surface area contributed by atoms with E-state index >= 15 is 0 Å². The highest BCUT2D eigenvalue weighted by Gasteiger charge is 2.50. The number of sulfonamides is 2. The van der Waals surface area contributed by atoms with Crippen molar-refractivity contribution in [3.8, 4) is 0 Å². The number of nitrogens with zero attached hydrogens (tertiary/aromatic N) is 3. The van der Waals surface area contributed by atoms with Crippen molar-refractivity contribution < 1.29 is 16.8 Å². The summed E-state index contributed by atoms with van der Waals surface area (Å²) in [6, 6.07) is 14.1. The van der Waals surface area contributed by atoms with Gasteiger partial charge in [-0.2, -0.15) is 0 Å². The van der Waals surface area contributed by atoms with Gasteiger partial charge in [-0.1, -0.05) is 36.4 Å². The van der Waals surface area contributed by atoms with Crippen LogP contribution in [0.2, 0.25) is 0 Å². The highest BCUT2D eigenvalue weighted by molar-refractivity contribution is 7.92. The van der Waals surface area contributed by atoms with Gasteiger partial charge >= 0.3 is 0 Å². The molecule has 7 nitrogen and oxygen atoms in total. The molecule has 2 aromatic rings. The zero-order valence-electron chi connectivity index (χ0n) is 14.6. The van der Waals surface area contributed by atoms with Crippen molar-refractivity contribution in [1.29, 1.82) is 0 Å². The monoisotopic (exact) mass is 393 g/mol. The number of anilines is 2. The van der Waals surface area contributed by atoms with Crippen LogP contribution in [-0.4, -0.2) is 41.3 Å². The van der Waals surface area contributed by atoms with E-state index < -0.39 is 32.4 Å². The van der Waals surface area contributed by atoms with Crippen LogP contribution < -0.4 is 8.61 Å². The smallest absolute Gasteiger partial charge is 0.233 e. The number of hydrogen-bond donors (Lipinski definition) is 0. The molecule has 0 unspecified atom stereocenters. The van der Waals surface area contributed by atoms with E-state index in [1.807, 2.05) is 0 Å². The number of para-hydroxylation sites is 2. The van der Waals surface area contributed by atoms with Crippen LogP contribution in [0.5, 0.6) is 0 Å². The fourth-order valence-corrected chi connectivity index (χ4v) is 6.25. The molecule has 0 fully saturated rings. The summed E-state index contributed by atoms with van der Waals surface area (Å²) in [6.07, 6.45) is 1.12. The summed E-state index contributed by atoms with van der Waals surface area (Å²) in [4.78, 5) is 1.78. The van der Waals surface area contributed by atoms with Crippen molar-refractivity contribution >= 4 is 31.4 Å². The first-order valence-corrected chi connectivity index (χ1v) is 11.7. The van der Waals surface area contributed by atoms with E-state index in [-0.39, 0.29) is 0 Å². The van der Waals surface area contributed by atoms with Crippen molar-refractivity contribution in [2.24, 2.45) is 0 Å². The molecule has 0 aromatic heterocycles. The van der Waals surface area contributed by atoms with Gasteiger partial charge in [0.1, 0.15) is 12.3 Å². The van der Waals surface area contributed by atoms with Crippen LogP contribution in [-0.2, 0) is 20.0 Å². The molecule has 2 heterocycles. The molecule has 0 radical (unpaired) electrons. The Bertz CT molecular complexity index is 1010. The average Bonchev–Trinajstić information content (AvgIpc) is 2.53. The Morgan fingerprint density at radius 1 is 0.692 bits per heavy atom. The van der Waals surface area contributed by atoms with Crippen molar-refractivity contribution in [2.45, 2.75) is 12.3 Å². The third kappa shape index (κ3) is 2.34. The number of hydrogen-bond acceptors (Lipinski definition) is 5. The maximum Gasteiger partial charge on any atom is 0.233 e. The van der Waals surface area contributed by atoms with E-state index in [0.717, 1.165) is 0 Å². The lowest BCUT2D eigenvalue weighted by atomic mass is 9.97. The minimum absolute atomic E-state index is 0.506. The molecule has 2 atom stereocenters.